The van der Waals surface area contributed by atoms with Crippen molar-refractivity contribution in [2.24, 2.45) is 0 Å². The third-order valence-electron chi connectivity index (χ3n) is 4.05. The molecule has 0 bridgehead atoms. The van der Waals surface area contributed by atoms with E-state index < -0.39 is 0 Å². The summed E-state index contributed by atoms with van der Waals surface area (Å²) >= 11 is 0. The predicted molar refractivity (Wildman–Crippen MR) is 103 cm³/mol. The van der Waals surface area contributed by atoms with E-state index in [1.54, 1.807) is 12.1 Å². The van der Waals surface area contributed by atoms with Gasteiger partial charge in [0.05, 0.1) is 17.4 Å². The lowest BCUT2D eigenvalue weighted by molar-refractivity contribution is 0.460. The number of anilines is 4. The number of nitrogens with one attached hydrogen (secondary N) is 1. The summed E-state index contributed by atoms with van der Waals surface area (Å²) in [6, 6.07) is 10.5. The molecule has 2 rings (SSSR count). The lowest BCUT2D eigenvalue weighted by atomic mass is 9.96. The molecule has 0 saturated carbocycles. The molecule has 0 aliphatic rings. The normalized spacial score (nSPS) is 11.8. The first-order valence-electron chi connectivity index (χ1n) is 8.12. The Morgan fingerprint density at radius 1 is 1.04 bits per heavy atom. The Labute approximate surface area is 143 Å². The Morgan fingerprint density at radius 2 is 1.75 bits per heavy atom. The minimum Gasteiger partial charge on any atom is -0.508 e. The molecular formula is C19H26N4O. The number of nitrogen functional groups attached to an aromatic ring is 3. The van der Waals surface area contributed by atoms with E-state index in [1.165, 1.54) is 0 Å². The van der Waals surface area contributed by atoms with Gasteiger partial charge in [0, 0.05) is 16.9 Å². The Balaban J connectivity index is 2.26. The number of rotatable bonds is 8. The maximum absolute atomic E-state index is 10.3. The molecule has 24 heavy (non-hydrogen) atoms. The van der Waals surface area contributed by atoms with Gasteiger partial charge in [0.2, 0.25) is 0 Å². The van der Waals surface area contributed by atoms with Crippen LogP contribution in [0, 0.1) is 0 Å². The van der Waals surface area contributed by atoms with Gasteiger partial charge in [0.15, 0.2) is 0 Å². The number of hydrogen-bond acceptors (Lipinski definition) is 5. The van der Waals surface area contributed by atoms with Crippen molar-refractivity contribution in [3.63, 3.8) is 0 Å². The molecular weight excluding hydrogens is 300 g/mol. The fraction of sp³-hybridized carbons (Fsp3) is 0.263. The highest BCUT2D eigenvalue weighted by atomic mass is 16.3. The maximum Gasteiger partial charge on any atom is 0.123 e. The van der Waals surface area contributed by atoms with Crippen molar-refractivity contribution >= 4 is 22.7 Å². The van der Waals surface area contributed by atoms with Gasteiger partial charge in [-0.3, -0.25) is 0 Å². The lowest BCUT2D eigenvalue weighted by Crippen LogP contribution is -2.14. The average Bonchev–Trinajstić information content (AvgIpc) is 2.57. The van der Waals surface area contributed by atoms with Crippen LogP contribution in [0.25, 0.3) is 0 Å². The Kier molecular flexibility index (Phi) is 5.95. The first kappa shape index (κ1) is 17.5. The molecule has 0 aromatic heterocycles. The van der Waals surface area contributed by atoms with Crippen molar-refractivity contribution < 1.29 is 5.11 Å². The van der Waals surface area contributed by atoms with Gasteiger partial charge in [-0.2, -0.15) is 0 Å². The van der Waals surface area contributed by atoms with Crippen molar-refractivity contribution in [3.05, 3.63) is 54.6 Å². The van der Waals surface area contributed by atoms with Crippen LogP contribution in [-0.4, -0.2) is 5.11 Å². The zero-order chi connectivity index (χ0) is 17.5. The number of benzene rings is 2. The first-order valence-corrected chi connectivity index (χ1v) is 8.12. The van der Waals surface area contributed by atoms with Gasteiger partial charge in [-0.25, -0.2) is 0 Å². The molecule has 2 aromatic rings. The molecule has 0 saturated heterocycles. The Hall–Kier alpha value is -2.82. The fourth-order valence-electron chi connectivity index (χ4n) is 2.71. The third-order valence-corrected chi connectivity index (χ3v) is 4.05. The topological polar surface area (TPSA) is 110 Å². The van der Waals surface area contributed by atoms with Crippen LogP contribution in [0.2, 0.25) is 0 Å². The summed E-state index contributed by atoms with van der Waals surface area (Å²) < 4.78 is 0. The highest BCUT2D eigenvalue weighted by Crippen LogP contribution is 2.38. The zero-order valence-electron chi connectivity index (χ0n) is 13.8. The van der Waals surface area contributed by atoms with Crippen LogP contribution in [0.5, 0.6) is 5.75 Å². The number of allylic oxidation sites excluding steroid dienone is 1. The van der Waals surface area contributed by atoms with E-state index in [9.17, 15) is 5.11 Å². The number of unbranched alkanes of at least 4 members (excludes halogenated alkanes) is 2. The summed E-state index contributed by atoms with van der Waals surface area (Å²) in [6.45, 7) is 3.75. The Morgan fingerprint density at radius 3 is 2.42 bits per heavy atom. The predicted octanol–water partition coefficient (Wildman–Crippen LogP) is 4.04. The summed E-state index contributed by atoms with van der Waals surface area (Å²) in [7, 11) is 0. The van der Waals surface area contributed by atoms with Crippen LogP contribution in [0.3, 0.4) is 0 Å². The molecule has 128 valence electrons. The molecule has 5 nitrogen and oxygen atoms in total. The monoisotopic (exact) mass is 326 g/mol. The lowest BCUT2D eigenvalue weighted by Gasteiger charge is -2.23. The molecule has 0 aliphatic heterocycles. The number of aromatic hydroxyl groups is 1. The smallest absolute Gasteiger partial charge is 0.123 e. The molecule has 8 N–H and O–H groups in total. The van der Waals surface area contributed by atoms with Gasteiger partial charge in [-0.1, -0.05) is 12.5 Å². The van der Waals surface area contributed by atoms with Crippen molar-refractivity contribution in [3.8, 4) is 5.75 Å². The second kappa shape index (κ2) is 8.15. The molecule has 0 amide bonds. The van der Waals surface area contributed by atoms with E-state index in [0.29, 0.717) is 22.6 Å². The van der Waals surface area contributed by atoms with E-state index in [0.717, 1.165) is 31.4 Å². The number of phenols is 1. The minimum absolute atomic E-state index is 0.137. The molecule has 0 radical (unpaired) electrons. The van der Waals surface area contributed by atoms with Gasteiger partial charge < -0.3 is 27.6 Å². The van der Waals surface area contributed by atoms with Crippen LogP contribution >= 0.6 is 0 Å². The van der Waals surface area contributed by atoms with Crippen molar-refractivity contribution in [1.82, 2.24) is 0 Å². The SMILES string of the molecule is C=CCCCCC(Nc1ccc(N)cc1)c1c(O)ccc(N)c1N. The van der Waals surface area contributed by atoms with Crippen molar-refractivity contribution in [1.29, 1.82) is 0 Å². The summed E-state index contributed by atoms with van der Waals surface area (Å²) in [5, 5.41) is 13.7. The van der Waals surface area contributed by atoms with Crippen molar-refractivity contribution in [2.45, 2.75) is 31.7 Å². The van der Waals surface area contributed by atoms with E-state index >= 15 is 0 Å². The number of nitrogens with two attached hydrogens (primary N) is 3. The molecule has 0 aliphatic carbocycles. The molecule has 2 aromatic carbocycles. The third kappa shape index (κ3) is 4.35. The number of hydrogen-bond donors (Lipinski definition) is 5. The molecule has 1 atom stereocenters. The summed E-state index contributed by atoms with van der Waals surface area (Å²) in [6.07, 6.45) is 5.71. The highest BCUT2D eigenvalue weighted by molar-refractivity contribution is 5.72. The van der Waals surface area contributed by atoms with Crippen LogP contribution in [0.4, 0.5) is 22.7 Å². The molecule has 0 heterocycles. The molecule has 0 spiro atoms. The van der Waals surface area contributed by atoms with Crippen LogP contribution < -0.4 is 22.5 Å². The van der Waals surface area contributed by atoms with Gasteiger partial charge in [-0.15, -0.1) is 6.58 Å². The second-order valence-electron chi connectivity index (χ2n) is 5.89. The maximum atomic E-state index is 10.3. The molecule has 1 unspecified atom stereocenters. The largest absolute Gasteiger partial charge is 0.508 e. The summed E-state index contributed by atoms with van der Waals surface area (Å²) in [4.78, 5) is 0. The number of phenolic OH excluding ortho intramolecular Hbond substituents is 1. The minimum atomic E-state index is -0.137. The average molecular weight is 326 g/mol. The van der Waals surface area contributed by atoms with E-state index in [4.69, 9.17) is 17.2 Å². The Bertz CT molecular complexity index is 683. The van der Waals surface area contributed by atoms with Crippen LogP contribution in [0.15, 0.2) is 49.1 Å². The van der Waals surface area contributed by atoms with Gasteiger partial charge in [0.25, 0.3) is 0 Å². The van der Waals surface area contributed by atoms with E-state index in [-0.39, 0.29) is 11.8 Å². The zero-order valence-corrected chi connectivity index (χ0v) is 13.8. The summed E-state index contributed by atoms with van der Waals surface area (Å²) in [5.74, 6) is 0.151. The van der Waals surface area contributed by atoms with Gasteiger partial charge in [-0.05, 0) is 55.7 Å². The first-order chi connectivity index (χ1) is 11.5. The summed E-state index contributed by atoms with van der Waals surface area (Å²) in [5.41, 5.74) is 20.9. The van der Waals surface area contributed by atoms with Crippen LogP contribution in [0.1, 0.15) is 37.3 Å². The molecule has 5 heteroatoms. The van der Waals surface area contributed by atoms with Crippen LogP contribution in [-0.2, 0) is 0 Å². The molecule has 0 fully saturated rings. The van der Waals surface area contributed by atoms with Gasteiger partial charge in [0.1, 0.15) is 5.75 Å². The quantitative estimate of drug-likeness (QED) is 0.218. The highest BCUT2D eigenvalue weighted by Gasteiger charge is 2.19. The van der Waals surface area contributed by atoms with Crippen molar-refractivity contribution in [2.75, 3.05) is 22.5 Å². The second-order valence-corrected chi connectivity index (χ2v) is 5.89. The standard InChI is InChI=1S/C19H26N4O/c1-2-3-4-5-6-16(23-14-9-7-13(20)8-10-14)18-17(24)12-11-15(21)19(18)22/h2,7-12,16,23-24H,1,3-6,20-22H2. The van der Waals surface area contributed by atoms with E-state index in [1.807, 2.05) is 30.3 Å². The van der Waals surface area contributed by atoms with Gasteiger partial charge >= 0.3 is 0 Å². The fourth-order valence-corrected chi connectivity index (χ4v) is 2.71. The van der Waals surface area contributed by atoms with E-state index in [2.05, 4.69) is 11.9 Å².